The van der Waals surface area contributed by atoms with Gasteiger partial charge in [-0.15, -0.1) is 16.4 Å². The van der Waals surface area contributed by atoms with Crippen LogP contribution in [-0.4, -0.2) is 20.0 Å². The second-order valence-electron chi connectivity index (χ2n) is 6.55. The molecule has 1 aromatic carbocycles. The van der Waals surface area contributed by atoms with E-state index in [1.807, 2.05) is 12.1 Å². The summed E-state index contributed by atoms with van der Waals surface area (Å²) in [6, 6.07) is 9.30. The number of halogens is 1. The summed E-state index contributed by atoms with van der Waals surface area (Å²) in [5.74, 6) is 0. The lowest BCUT2D eigenvalue weighted by molar-refractivity contribution is 0.709. The molecule has 5 nitrogen and oxygen atoms in total. The van der Waals surface area contributed by atoms with Gasteiger partial charge in [0, 0.05) is 11.1 Å². The number of hydrogen-bond acceptors (Lipinski definition) is 5. The van der Waals surface area contributed by atoms with Crippen molar-refractivity contribution in [2.24, 2.45) is 0 Å². The second-order valence-corrected chi connectivity index (χ2v) is 7.95. The number of rotatable bonds is 1. The van der Waals surface area contributed by atoms with Crippen LogP contribution in [0.2, 0.25) is 5.02 Å². The maximum absolute atomic E-state index is 13.0. The third-order valence-corrected chi connectivity index (χ3v) is 6.28. The Morgan fingerprint density at radius 3 is 2.85 bits per heavy atom. The first-order valence-electron chi connectivity index (χ1n) is 8.68. The van der Waals surface area contributed by atoms with Gasteiger partial charge in [-0.1, -0.05) is 35.4 Å². The van der Waals surface area contributed by atoms with Gasteiger partial charge >= 0.3 is 0 Å². The predicted octanol–water partition coefficient (Wildman–Crippen LogP) is 4.31. The Bertz CT molecular complexity index is 1210. The first-order valence-corrected chi connectivity index (χ1v) is 9.88. The average Bonchev–Trinajstić information content (AvgIpc) is 2.85. The van der Waals surface area contributed by atoms with Crippen LogP contribution in [-0.2, 0) is 12.8 Å². The highest BCUT2D eigenvalue weighted by molar-refractivity contribution is 7.25. The van der Waals surface area contributed by atoms with Crippen LogP contribution in [0.15, 0.2) is 35.1 Å². The highest BCUT2D eigenvalue weighted by atomic mass is 35.5. The topological polar surface area (TPSA) is 60.7 Å². The van der Waals surface area contributed by atoms with Gasteiger partial charge < -0.3 is 0 Å². The van der Waals surface area contributed by atoms with E-state index >= 15 is 0 Å². The Hall–Kier alpha value is -2.31. The molecular weight excluding hydrogens is 368 g/mol. The van der Waals surface area contributed by atoms with E-state index in [0.29, 0.717) is 20.9 Å². The van der Waals surface area contributed by atoms with Gasteiger partial charge in [0.25, 0.3) is 5.56 Å². The fraction of sp³-hybridized carbons (Fsp3) is 0.263. The molecule has 0 N–H and O–H groups in total. The number of aryl methyl sites for hydroxylation is 2. The summed E-state index contributed by atoms with van der Waals surface area (Å²) in [7, 11) is 0. The van der Waals surface area contributed by atoms with E-state index in [0.717, 1.165) is 23.1 Å². The van der Waals surface area contributed by atoms with Crippen LogP contribution in [0.4, 0.5) is 0 Å². The van der Waals surface area contributed by atoms with Gasteiger partial charge in [0.1, 0.15) is 15.0 Å². The molecule has 1 aliphatic rings. The lowest BCUT2D eigenvalue weighted by Gasteiger charge is -2.05. The van der Waals surface area contributed by atoms with Crippen LogP contribution in [0.1, 0.15) is 30.5 Å². The Labute approximate surface area is 158 Å². The molecule has 0 unspecified atom stereocenters. The molecule has 0 fully saturated rings. The summed E-state index contributed by atoms with van der Waals surface area (Å²) in [6.45, 7) is 0. The molecule has 0 radical (unpaired) electrons. The summed E-state index contributed by atoms with van der Waals surface area (Å²) < 4.78 is 1.84. The molecule has 26 heavy (non-hydrogen) atoms. The van der Waals surface area contributed by atoms with Crippen molar-refractivity contribution in [3.8, 4) is 5.69 Å². The third kappa shape index (κ3) is 2.44. The van der Waals surface area contributed by atoms with E-state index in [1.54, 1.807) is 12.1 Å². The minimum absolute atomic E-state index is 0.207. The van der Waals surface area contributed by atoms with E-state index in [4.69, 9.17) is 16.6 Å². The first kappa shape index (κ1) is 15.9. The van der Waals surface area contributed by atoms with E-state index in [1.165, 1.54) is 46.5 Å². The molecule has 7 heteroatoms. The molecule has 3 aromatic heterocycles. The molecule has 0 aliphatic heterocycles. The lowest BCUT2D eigenvalue weighted by atomic mass is 10.1. The number of aromatic nitrogens is 4. The van der Waals surface area contributed by atoms with Crippen molar-refractivity contribution in [2.75, 3.05) is 0 Å². The number of pyridine rings is 1. The molecule has 1 aliphatic carbocycles. The van der Waals surface area contributed by atoms with Crippen LogP contribution in [0.25, 0.3) is 26.1 Å². The van der Waals surface area contributed by atoms with Gasteiger partial charge in [-0.25, -0.2) is 4.98 Å². The van der Waals surface area contributed by atoms with Gasteiger partial charge in [-0.2, -0.15) is 4.68 Å². The van der Waals surface area contributed by atoms with Crippen molar-refractivity contribution in [1.82, 2.24) is 20.0 Å². The smallest absolute Gasteiger partial charge is 0.266 e. The molecule has 0 amide bonds. The van der Waals surface area contributed by atoms with Gasteiger partial charge in [0.05, 0.1) is 10.7 Å². The Morgan fingerprint density at radius 1 is 1.12 bits per heavy atom. The lowest BCUT2D eigenvalue weighted by Crippen LogP contribution is -2.21. The maximum atomic E-state index is 13.0. The zero-order valence-corrected chi connectivity index (χ0v) is 15.5. The number of para-hydroxylation sites is 1. The monoisotopic (exact) mass is 382 g/mol. The average molecular weight is 383 g/mol. The normalized spacial score (nSPS) is 14.5. The molecule has 3 heterocycles. The second kappa shape index (κ2) is 6.14. The van der Waals surface area contributed by atoms with E-state index in [2.05, 4.69) is 16.4 Å². The number of thiophene rings is 1. The van der Waals surface area contributed by atoms with Crippen molar-refractivity contribution in [3.63, 3.8) is 0 Å². The van der Waals surface area contributed by atoms with Crippen LogP contribution < -0.4 is 5.56 Å². The molecule has 0 bridgehead atoms. The standard InChI is InChI=1S/C19H15ClN4OS/c20-13-7-4-5-9-15(13)24-19(25)17-16(22-23-24)12-10-11-6-2-1-3-8-14(11)21-18(12)26-17/h4-5,7,9-10H,1-3,6,8H2. The Kier molecular flexibility index (Phi) is 3.76. The largest absolute Gasteiger partial charge is 0.292 e. The highest BCUT2D eigenvalue weighted by Gasteiger charge is 2.18. The van der Waals surface area contributed by atoms with Crippen LogP contribution in [0.5, 0.6) is 0 Å². The minimum atomic E-state index is -0.207. The quantitative estimate of drug-likeness (QED) is 0.460. The molecule has 0 saturated carbocycles. The SMILES string of the molecule is O=c1c2sc3nc4c(cc3c2nnn1-c1ccccc1Cl)CCCCC4. The van der Waals surface area contributed by atoms with Crippen molar-refractivity contribution in [3.05, 3.63) is 57.0 Å². The summed E-state index contributed by atoms with van der Waals surface area (Å²) >= 11 is 7.62. The molecule has 0 saturated heterocycles. The van der Waals surface area contributed by atoms with Gasteiger partial charge in [-0.05, 0) is 49.4 Å². The van der Waals surface area contributed by atoms with E-state index < -0.39 is 0 Å². The number of fused-ring (bicyclic) bond motifs is 4. The molecule has 0 atom stereocenters. The number of benzene rings is 1. The molecule has 4 aromatic rings. The predicted molar refractivity (Wildman–Crippen MR) is 105 cm³/mol. The van der Waals surface area contributed by atoms with E-state index in [-0.39, 0.29) is 5.56 Å². The molecular formula is C19H15ClN4OS. The minimum Gasteiger partial charge on any atom is -0.266 e. The molecule has 5 rings (SSSR count). The summed E-state index contributed by atoms with van der Waals surface area (Å²) in [4.78, 5) is 18.7. The van der Waals surface area contributed by atoms with Gasteiger partial charge in [0.2, 0.25) is 0 Å². The Balaban J connectivity index is 1.77. The molecule has 0 spiro atoms. The van der Waals surface area contributed by atoms with Crippen molar-refractivity contribution >= 4 is 43.4 Å². The zero-order chi connectivity index (χ0) is 17.7. The van der Waals surface area contributed by atoms with Crippen molar-refractivity contribution < 1.29 is 0 Å². The van der Waals surface area contributed by atoms with Crippen LogP contribution >= 0.6 is 22.9 Å². The number of nitrogens with zero attached hydrogens (tertiary/aromatic N) is 4. The number of hydrogen-bond donors (Lipinski definition) is 0. The summed E-state index contributed by atoms with van der Waals surface area (Å²) in [5, 5.41) is 9.88. The molecule has 130 valence electrons. The fourth-order valence-electron chi connectivity index (χ4n) is 3.56. The maximum Gasteiger partial charge on any atom is 0.292 e. The fourth-order valence-corrected chi connectivity index (χ4v) is 4.81. The zero-order valence-electron chi connectivity index (χ0n) is 13.9. The third-order valence-electron chi connectivity index (χ3n) is 4.89. The van der Waals surface area contributed by atoms with E-state index in [9.17, 15) is 4.79 Å². The van der Waals surface area contributed by atoms with Gasteiger partial charge in [-0.3, -0.25) is 4.79 Å². The summed E-state index contributed by atoms with van der Waals surface area (Å²) in [6.07, 6.45) is 5.66. The van der Waals surface area contributed by atoms with Crippen LogP contribution in [0.3, 0.4) is 0 Å². The summed E-state index contributed by atoms with van der Waals surface area (Å²) in [5.41, 5.74) is 3.42. The first-order chi connectivity index (χ1) is 12.7. The van der Waals surface area contributed by atoms with Gasteiger partial charge in [0.15, 0.2) is 0 Å². The van der Waals surface area contributed by atoms with Crippen LogP contribution in [0, 0.1) is 0 Å². The highest BCUT2D eigenvalue weighted by Crippen LogP contribution is 2.32. The van der Waals surface area contributed by atoms with Crippen molar-refractivity contribution in [2.45, 2.75) is 32.1 Å². The van der Waals surface area contributed by atoms with Crippen molar-refractivity contribution in [1.29, 1.82) is 0 Å². The Morgan fingerprint density at radius 2 is 1.96 bits per heavy atom.